The Balaban J connectivity index is 1.22. The number of nitro groups is 1. The van der Waals surface area contributed by atoms with E-state index in [-0.39, 0.29) is 29.3 Å². The molecule has 0 spiro atoms. The number of phenolic OH excluding ortho intramolecular Hbond substituents is 1. The minimum Gasteiger partial charge on any atom is -0.506 e. The highest BCUT2D eigenvalue weighted by Gasteiger charge is 2.26. The molecule has 0 bridgehead atoms. The van der Waals surface area contributed by atoms with E-state index in [0.717, 1.165) is 31.4 Å². The molecule has 2 amide bonds. The first-order valence-electron chi connectivity index (χ1n) is 20.3. The molecular formula is C45H48ClN7O7S. The van der Waals surface area contributed by atoms with Gasteiger partial charge in [0.05, 0.1) is 34.7 Å². The number of methoxy groups -OCH3 is 1. The van der Waals surface area contributed by atoms with Gasteiger partial charge < -0.3 is 19.9 Å². The number of thioether (sulfide) groups is 1. The van der Waals surface area contributed by atoms with Crippen molar-refractivity contribution in [2.45, 2.75) is 82.0 Å². The van der Waals surface area contributed by atoms with Crippen molar-refractivity contribution in [1.82, 2.24) is 20.2 Å². The number of aromatic nitrogens is 4. The normalized spacial score (nSPS) is 11.1. The number of ether oxygens (including phenoxy) is 2. The third-order valence-electron chi connectivity index (χ3n) is 10.1. The SMILES string of the molecule is CCCCCCCCCCCCN(C(=O)Oc1ccc(CSc2nnnn2-c2ccccc2)cc1[N+](=O)[O-])c1cccc2c(O)c(C(=O)Nc3cc(Cl)ccc3OC)ccc12. The van der Waals surface area contributed by atoms with Crippen LogP contribution in [-0.2, 0) is 5.75 Å². The first-order valence-corrected chi connectivity index (χ1v) is 21.7. The number of unbranched alkanes of at least 4 members (excludes halogenated alkanes) is 9. The largest absolute Gasteiger partial charge is 0.506 e. The number of carbonyl (C=O) groups excluding carboxylic acids is 2. The summed E-state index contributed by atoms with van der Waals surface area (Å²) in [4.78, 5) is 40.9. The van der Waals surface area contributed by atoms with Crippen LogP contribution in [0, 0.1) is 10.1 Å². The summed E-state index contributed by atoms with van der Waals surface area (Å²) in [5, 5.41) is 40.3. The molecule has 0 fully saturated rings. The predicted octanol–water partition coefficient (Wildman–Crippen LogP) is 11.6. The molecule has 14 nitrogen and oxygen atoms in total. The summed E-state index contributed by atoms with van der Waals surface area (Å²) in [5.41, 5.74) is 1.71. The molecular weight excluding hydrogens is 818 g/mol. The van der Waals surface area contributed by atoms with Crippen LogP contribution < -0.4 is 19.7 Å². The van der Waals surface area contributed by atoms with Crippen LogP contribution in [0.2, 0.25) is 5.02 Å². The number of nitro benzene ring substituents is 1. The van der Waals surface area contributed by atoms with Crippen molar-refractivity contribution in [3.63, 3.8) is 0 Å². The van der Waals surface area contributed by atoms with Crippen molar-refractivity contribution in [1.29, 1.82) is 0 Å². The second-order valence-electron chi connectivity index (χ2n) is 14.4. The molecule has 6 aromatic rings. The Morgan fingerprint density at radius 1 is 0.869 bits per heavy atom. The molecule has 0 saturated carbocycles. The Labute approximate surface area is 363 Å². The van der Waals surface area contributed by atoms with Gasteiger partial charge in [0.15, 0.2) is 0 Å². The van der Waals surface area contributed by atoms with Gasteiger partial charge in [0.2, 0.25) is 10.9 Å². The van der Waals surface area contributed by atoms with E-state index >= 15 is 0 Å². The zero-order valence-electron chi connectivity index (χ0n) is 34.1. The molecule has 2 N–H and O–H groups in total. The molecule has 0 aliphatic carbocycles. The average Bonchev–Trinajstić information content (AvgIpc) is 3.74. The smallest absolute Gasteiger partial charge is 0.420 e. The van der Waals surface area contributed by atoms with Crippen molar-refractivity contribution >= 4 is 63.2 Å². The van der Waals surface area contributed by atoms with Crippen LogP contribution in [0.1, 0.15) is 87.1 Å². The maximum absolute atomic E-state index is 14.2. The molecule has 318 valence electrons. The summed E-state index contributed by atoms with van der Waals surface area (Å²) in [6, 6.07) is 26.8. The Bertz CT molecular complexity index is 2450. The Kier molecular flexibility index (Phi) is 15.9. The molecule has 61 heavy (non-hydrogen) atoms. The summed E-state index contributed by atoms with van der Waals surface area (Å²) < 4.78 is 12.8. The molecule has 0 saturated heterocycles. The average molecular weight is 866 g/mol. The number of nitrogens with zero attached hydrogens (tertiary/aromatic N) is 6. The maximum atomic E-state index is 14.2. The first-order chi connectivity index (χ1) is 29.7. The van der Waals surface area contributed by atoms with Gasteiger partial charge in [-0.3, -0.25) is 19.8 Å². The lowest BCUT2D eigenvalue weighted by Crippen LogP contribution is -2.34. The molecule has 6 rings (SSSR count). The Hall–Kier alpha value is -6.19. The monoisotopic (exact) mass is 865 g/mol. The van der Waals surface area contributed by atoms with E-state index in [2.05, 4.69) is 27.8 Å². The van der Waals surface area contributed by atoms with Crippen LogP contribution in [0.3, 0.4) is 0 Å². The first kappa shape index (κ1) is 44.4. The topological polar surface area (TPSA) is 175 Å². The Morgan fingerprint density at radius 2 is 1.59 bits per heavy atom. The van der Waals surface area contributed by atoms with Crippen LogP contribution in [0.5, 0.6) is 17.2 Å². The molecule has 1 heterocycles. The number of fused-ring (bicyclic) bond motifs is 1. The van der Waals surface area contributed by atoms with Gasteiger partial charge in [-0.05, 0) is 70.9 Å². The van der Waals surface area contributed by atoms with Crippen LogP contribution in [0.4, 0.5) is 21.9 Å². The predicted molar refractivity (Wildman–Crippen MR) is 239 cm³/mol. The van der Waals surface area contributed by atoms with Crippen molar-refractivity contribution in [3.05, 3.63) is 123 Å². The van der Waals surface area contributed by atoms with Crippen molar-refractivity contribution in [3.8, 4) is 22.9 Å². The molecule has 0 unspecified atom stereocenters. The number of halogens is 1. The van der Waals surface area contributed by atoms with E-state index in [0.29, 0.717) is 55.8 Å². The van der Waals surface area contributed by atoms with Crippen LogP contribution in [0.25, 0.3) is 16.5 Å². The molecule has 0 aliphatic heterocycles. The number of anilines is 2. The maximum Gasteiger partial charge on any atom is 0.420 e. The van der Waals surface area contributed by atoms with Gasteiger partial charge in [0, 0.05) is 34.2 Å². The lowest BCUT2D eigenvalue weighted by atomic mass is 10.0. The number of hydrogen-bond donors (Lipinski definition) is 2. The number of phenols is 1. The van der Waals surface area contributed by atoms with Gasteiger partial charge in [0.1, 0.15) is 11.5 Å². The van der Waals surface area contributed by atoms with Crippen LogP contribution in [0.15, 0.2) is 102 Å². The summed E-state index contributed by atoms with van der Waals surface area (Å²) in [6.07, 6.45) is 10.1. The van der Waals surface area contributed by atoms with E-state index in [4.69, 9.17) is 21.1 Å². The fraction of sp³-hybridized carbons (Fsp3) is 0.311. The van der Waals surface area contributed by atoms with E-state index in [1.54, 1.807) is 53.2 Å². The molecule has 16 heteroatoms. The molecule has 1 aromatic heterocycles. The van der Waals surface area contributed by atoms with Crippen molar-refractivity contribution < 1.29 is 29.1 Å². The lowest BCUT2D eigenvalue weighted by Gasteiger charge is -2.24. The van der Waals surface area contributed by atoms with Gasteiger partial charge in [0.25, 0.3) is 5.91 Å². The number of aromatic hydroxyl groups is 1. The number of rotatable bonds is 21. The number of hydrogen-bond acceptors (Lipinski definition) is 11. The lowest BCUT2D eigenvalue weighted by molar-refractivity contribution is -0.385. The zero-order chi connectivity index (χ0) is 43.1. The summed E-state index contributed by atoms with van der Waals surface area (Å²) in [7, 11) is 1.47. The number of carbonyl (C=O) groups is 2. The summed E-state index contributed by atoms with van der Waals surface area (Å²) >= 11 is 7.47. The fourth-order valence-corrected chi connectivity index (χ4v) is 7.96. The van der Waals surface area contributed by atoms with E-state index < -0.39 is 16.9 Å². The summed E-state index contributed by atoms with van der Waals surface area (Å²) in [6.45, 7) is 2.45. The molecule has 0 aliphatic rings. The second kappa shape index (κ2) is 21.9. The number of para-hydroxylation sites is 1. The van der Waals surface area contributed by atoms with Gasteiger partial charge in [-0.2, -0.15) is 4.68 Å². The minimum absolute atomic E-state index is 0.0130. The third kappa shape index (κ3) is 11.6. The van der Waals surface area contributed by atoms with Crippen LogP contribution >= 0.6 is 23.4 Å². The number of nitrogens with one attached hydrogen (secondary N) is 1. The van der Waals surface area contributed by atoms with Crippen molar-refractivity contribution in [2.24, 2.45) is 0 Å². The van der Waals surface area contributed by atoms with Gasteiger partial charge >= 0.3 is 11.8 Å². The highest BCUT2D eigenvalue weighted by molar-refractivity contribution is 7.98. The van der Waals surface area contributed by atoms with E-state index in [9.17, 15) is 24.8 Å². The van der Waals surface area contributed by atoms with Gasteiger partial charge in [-0.1, -0.05) is 131 Å². The Morgan fingerprint density at radius 3 is 2.31 bits per heavy atom. The second-order valence-corrected chi connectivity index (χ2v) is 15.8. The summed E-state index contributed by atoms with van der Waals surface area (Å²) in [5.74, 6) is -0.427. The molecule has 0 radical (unpaired) electrons. The third-order valence-corrected chi connectivity index (χ3v) is 11.4. The molecule has 5 aromatic carbocycles. The standard InChI is InChI=1S/C45H48ClN7O7S/c1-3-4-5-6-7-8-9-10-11-15-27-51(38-20-16-19-35-34(38)23-24-36(42(35)54)43(55)47-37-29-32(46)22-26-40(37)59-2)45(56)60-41-25-21-31(28-39(41)53(57)58)30-61-44-48-49-50-52(44)33-17-13-12-14-18-33/h12-14,16-26,28-29,54H,3-11,15,27,30H2,1-2H3,(H,47,55). The fourth-order valence-electron chi connectivity index (χ4n) is 6.96. The number of amides is 2. The van der Waals surface area contributed by atoms with E-state index in [1.807, 2.05) is 30.3 Å². The van der Waals surface area contributed by atoms with Crippen LogP contribution in [-0.4, -0.2) is 55.9 Å². The minimum atomic E-state index is -0.829. The highest BCUT2D eigenvalue weighted by Crippen LogP contribution is 2.38. The van der Waals surface area contributed by atoms with Crippen molar-refractivity contribution in [2.75, 3.05) is 23.9 Å². The van der Waals surface area contributed by atoms with Gasteiger partial charge in [-0.25, -0.2) is 4.79 Å². The highest BCUT2D eigenvalue weighted by atomic mass is 35.5. The molecule has 0 atom stereocenters. The quantitative estimate of drug-likeness (QED) is 0.0305. The zero-order valence-corrected chi connectivity index (χ0v) is 35.7. The number of benzene rings is 5. The van der Waals surface area contributed by atoms with Gasteiger partial charge in [-0.15, -0.1) is 5.10 Å². The number of tetrazole rings is 1. The van der Waals surface area contributed by atoms with E-state index in [1.165, 1.54) is 74.1 Å².